The molecule has 0 bridgehead atoms. The second kappa shape index (κ2) is 5.43. The zero-order chi connectivity index (χ0) is 11.4. The first-order valence-electron chi connectivity index (χ1n) is 6.31. The molecule has 1 aliphatic carbocycles. The molecule has 0 saturated heterocycles. The van der Waals surface area contributed by atoms with E-state index in [1.165, 1.54) is 19.3 Å². The summed E-state index contributed by atoms with van der Waals surface area (Å²) in [7, 11) is 0. The molecule has 0 radical (unpaired) electrons. The average molecular weight is 223 g/mol. The standard InChI is InChI=1S/C12H21N3O/c1-9(2)13-8-4-7-11-14-12(15-16-11)10-5-3-6-10/h9-10,13H,3-8H2,1-2H3. The maximum absolute atomic E-state index is 5.24. The lowest BCUT2D eigenvalue weighted by molar-refractivity contribution is 0.345. The fourth-order valence-electron chi connectivity index (χ4n) is 1.83. The van der Waals surface area contributed by atoms with Crippen molar-refractivity contribution in [3.8, 4) is 0 Å². The summed E-state index contributed by atoms with van der Waals surface area (Å²) in [6.07, 6.45) is 5.72. The van der Waals surface area contributed by atoms with Gasteiger partial charge in [0.15, 0.2) is 5.82 Å². The number of nitrogens with zero attached hydrogens (tertiary/aromatic N) is 2. The Bertz CT molecular complexity index is 318. The number of rotatable bonds is 6. The van der Waals surface area contributed by atoms with Crippen LogP contribution >= 0.6 is 0 Å². The van der Waals surface area contributed by atoms with Crippen LogP contribution in [0, 0.1) is 0 Å². The van der Waals surface area contributed by atoms with Gasteiger partial charge in [-0.05, 0) is 25.8 Å². The maximum Gasteiger partial charge on any atom is 0.226 e. The Hall–Kier alpha value is -0.900. The number of aryl methyl sites for hydroxylation is 1. The molecule has 4 nitrogen and oxygen atoms in total. The molecule has 90 valence electrons. The van der Waals surface area contributed by atoms with Crippen molar-refractivity contribution in [2.75, 3.05) is 6.54 Å². The molecular formula is C12H21N3O. The average Bonchev–Trinajstić information content (AvgIpc) is 2.58. The second-order valence-electron chi connectivity index (χ2n) is 4.89. The minimum Gasteiger partial charge on any atom is -0.339 e. The van der Waals surface area contributed by atoms with E-state index < -0.39 is 0 Å². The molecule has 1 heterocycles. The summed E-state index contributed by atoms with van der Waals surface area (Å²) >= 11 is 0. The second-order valence-corrected chi connectivity index (χ2v) is 4.89. The number of hydrogen-bond acceptors (Lipinski definition) is 4. The van der Waals surface area contributed by atoms with Gasteiger partial charge in [-0.2, -0.15) is 4.98 Å². The molecule has 16 heavy (non-hydrogen) atoms. The predicted octanol–water partition coefficient (Wildman–Crippen LogP) is 2.27. The highest BCUT2D eigenvalue weighted by molar-refractivity contribution is 4.99. The van der Waals surface area contributed by atoms with Crippen LogP contribution in [0.25, 0.3) is 0 Å². The molecule has 1 aromatic heterocycles. The Morgan fingerprint density at radius 1 is 1.44 bits per heavy atom. The van der Waals surface area contributed by atoms with Crippen LogP contribution < -0.4 is 5.32 Å². The van der Waals surface area contributed by atoms with Gasteiger partial charge < -0.3 is 9.84 Å². The first-order chi connectivity index (χ1) is 7.75. The molecule has 4 heteroatoms. The smallest absolute Gasteiger partial charge is 0.226 e. The van der Waals surface area contributed by atoms with E-state index in [0.717, 1.165) is 31.1 Å². The fraction of sp³-hybridized carbons (Fsp3) is 0.833. The third kappa shape index (κ3) is 3.04. The highest BCUT2D eigenvalue weighted by Gasteiger charge is 2.24. The molecule has 0 aliphatic heterocycles. The van der Waals surface area contributed by atoms with Crippen LogP contribution in [0.2, 0.25) is 0 Å². The summed E-state index contributed by atoms with van der Waals surface area (Å²) in [5, 5.41) is 7.42. The molecule has 1 aromatic rings. The van der Waals surface area contributed by atoms with Crippen molar-refractivity contribution >= 4 is 0 Å². The zero-order valence-corrected chi connectivity index (χ0v) is 10.2. The summed E-state index contributed by atoms with van der Waals surface area (Å²) in [6, 6.07) is 0.549. The molecule has 0 aromatic carbocycles. The molecule has 0 spiro atoms. The van der Waals surface area contributed by atoms with E-state index in [0.29, 0.717) is 12.0 Å². The highest BCUT2D eigenvalue weighted by atomic mass is 16.5. The maximum atomic E-state index is 5.24. The van der Waals surface area contributed by atoms with Crippen molar-refractivity contribution in [3.63, 3.8) is 0 Å². The monoisotopic (exact) mass is 223 g/mol. The van der Waals surface area contributed by atoms with Crippen LogP contribution in [-0.2, 0) is 6.42 Å². The third-order valence-electron chi connectivity index (χ3n) is 3.07. The first kappa shape index (κ1) is 11.6. The molecular weight excluding hydrogens is 202 g/mol. The Morgan fingerprint density at radius 3 is 2.88 bits per heavy atom. The minimum atomic E-state index is 0.549. The van der Waals surface area contributed by atoms with Crippen molar-refractivity contribution in [2.24, 2.45) is 0 Å². The van der Waals surface area contributed by atoms with E-state index in [2.05, 4.69) is 29.3 Å². The van der Waals surface area contributed by atoms with Crippen molar-refractivity contribution in [3.05, 3.63) is 11.7 Å². The topological polar surface area (TPSA) is 51.0 Å². The summed E-state index contributed by atoms with van der Waals surface area (Å²) in [4.78, 5) is 4.44. The number of aromatic nitrogens is 2. The molecule has 1 N–H and O–H groups in total. The number of nitrogens with one attached hydrogen (secondary N) is 1. The van der Waals surface area contributed by atoms with E-state index in [9.17, 15) is 0 Å². The molecule has 0 atom stereocenters. The van der Waals surface area contributed by atoms with Crippen LogP contribution in [0.15, 0.2) is 4.52 Å². The van der Waals surface area contributed by atoms with Crippen LogP contribution in [0.1, 0.15) is 57.2 Å². The van der Waals surface area contributed by atoms with Gasteiger partial charge in [-0.1, -0.05) is 25.4 Å². The minimum absolute atomic E-state index is 0.549. The van der Waals surface area contributed by atoms with E-state index in [-0.39, 0.29) is 0 Å². The molecule has 2 rings (SSSR count). The van der Waals surface area contributed by atoms with Gasteiger partial charge in [-0.15, -0.1) is 0 Å². The first-order valence-corrected chi connectivity index (χ1v) is 6.31. The van der Waals surface area contributed by atoms with Gasteiger partial charge in [0, 0.05) is 18.4 Å². The predicted molar refractivity (Wildman–Crippen MR) is 62.3 cm³/mol. The highest BCUT2D eigenvalue weighted by Crippen LogP contribution is 2.34. The van der Waals surface area contributed by atoms with Crippen LogP contribution in [0.3, 0.4) is 0 Å². The Balaban J connectivity index is 1.70. The Labute approximate surface area is 96.8 Å². The van der Waals surface area contributed by atoms with Gasteiger partial charge in [-0.3, -0.25) is 0 Å². The quantitative estimate of drug-likeness (QED) is 0.752. The third-order valence-corrected chi connectivity index (χ3v) is 3.07. The summed E-state index contributed by atoms with van der Waals surface area (Å²) < 4.78 is 5.24. The SMILES string of the molecule is CC(C)NCCCc1nc(C2CCC2)no1. The van der Waals surface area contributed by atoms with Crippen molar-refractivity contribution in [2.45, 2.75) is 57.9 Å². The van der Waals surface area contributed by atoms with Crippen molar-refractivity contribution < 1.29 is 4.52 Å². The van der Waals surface area contributed by atoms with Gasteiger partial charge in [0.25, 0.3) is 0 Å². The molecule has 1 fully saturated rings. The lowest BCUT2D eigenvalue weighted by atomic mass is 9.85. The Morgan fingerprint density at radius 2 is 2.25 bits per heavy atom. The van der Waals surface area contributed by atoms with E-state index in [4.69, 9.17) is 4.52 Å². The van der Waals surface area contributed by atoms with Gasteiger partial charge in [0.2, 0.25) is 5.89 Å². The molecule has 1 saturated carbocycles. The molecule has 1 aliphatic rings. The number of hydrogen-bond donors (Lipinski definition) is 1. The van der Waals surface area contributed by atoms with E-state index >= 15 is 0 Å². The van der Waals surface area contributed by atoms with Gasteiger partial charge in [0.1, 0.15) is 0 Å². The Kier molecular flexibility index (Phi) is 3.93. The zero-order valence-electron chi connectivity index (χ0n) is 10.2. The largest absolute Gasteiger partial charge is 0.339 e. The lowest BCUT2D eigenvalue weighted by Crippen LogP contribution is -2.23. The normalized spacial score (nSPS) is 16.7. The molecule has 0 unspecified atom stereocenters. The summed E-state index contributed by atoms with van der Waals surface area (Å²) in [5.41, 5.74) is 0. The van der Waals surface area contributed by atoms with Gasteiger partial charge in [-0.25, -0.2) is 0 Å². The van der Waals surface area contributed by atoms with Crippen LogP contribution in [0.4, 0.5) is 0 Å². The molecule has 0 amide bonds. The van der Waals surface area contributed by atoms with Crippen molar-refractivity contribution in [1.29, 1.82) is 0 Å². The van der Waals surface area contributed by atoms with E-state index in [1.54, 1.807) is 0 Å². The van der Waals surface area contributed by atoms with E-state index in [1.807, 2.05) is 0 Å². The van der Waals surface area contributed by atoms with Gasteiger partial charge in [0.05, 0.1) is 0 Å². The van der Waals surface area contributed by atoms with Crippen LogP contribution in [0.5, 0.6) is 0 Å². The fourth-order valence-corrected chi connectivity index (χ4v) is 1.83. The van der Waals surface area contributed by atoms with Crippen molar-refractivity contribution in [1.82, 2.24) is 15.5 Å². The summed E-state index contributed by atoms with van der Waals surface area (Å²) in [6.45, 7) is 5.32. The lowest BCUT2D eigenvalue weighted by Gasteiger charge is -2.20. The van der Waals surface area contributed by atoms with Crippen LogP contribution in [-0.4, -0.2) is 22.7 Å². The summed E-state index contributed by atoms with van der Waals surface area (Å²) in [5.74, 6) is 2.30. The van der Waals surface area contributed by atoms with Gasteiger partial charge >= 0.3 is 0 Å².